The summed E-state index contributed by atoms with van der Waals surface area (Å²) in [5.41, 5.74) is 5.36. The predicted molar refractivity (Wildman–Crippen MR) is 235 cm³/mol. The number of nitrogens with one attached hydrogen (secondary N) is 1. The number of aliphatic hydroxyl groups is 1. The number of rotatable bonds is 38. The van der Waals surface area contributed by atoms with Crippen LogP contribution in [0, 0.1) is 0 Å². The Balaban J connectivity index is 4.45. The van der Waals surface area contributed by atoms with Crippen LogP contribution < -0.4 is 11.1 Å². The third kappa shape index (κ3) is 39.5. The van der Waals surface area contributed by atoms with E-state index < -0.39 is 26.6 Å². The first-order valence-electron chi connectivity index (χ1n) is 21.4. The second kappa shape index (κ2) is 41.1. The Morgan fingerprint density at radius 1 is 0.618 bits per heavy atom. The topological polar surface area (TPSA) is 131 Å². The summed E-state index contributed by atoms with van der Waals surface area (Å²) in [6.45, 7) is 3.92. The molecule has 0 aliphatic rings. The van der Waals surface area contributed by atoms with Crippen LogP contribution in [-0.4, -0.2) is 47.8 Å². The number of carbonyl (C=O) groups excluding carboxylic acids is 1. The molecular formula is C46H79N2O6P. The quantitative estimate of drug-likeness (QED) is 0.0278. The van der Waals surface area contributed by atoms with Crippen LogP contribution >= 0.6 is 7.82 Å². The van der Waals surface area contributed by atoms with Gasteiger partial charge in [0, 0.05) is 13.0 Å². The van der Waals surface area contributed by atoms with Crippen molar-refractivity contribution in [2.75, 3.05) is 19.8 Å². The van der Waals surface area contributed by atoms with Crippen LogP contribution in [0.3, 0.4) is 0 Å². The Kier molecular flexibility index (Phi) is 39.1. The van der Waals surface area contributed by atoms with Crippen LogP contribution in [0.5, 0.6) is 0 Å². The summed E-state index contributed by atoms with van der Waals surface area (Å²) in [5, 5.41) is 13.6. The summed E-state index contributed by atoms with van der Waals surface area (Å²) in [5.74, 6) is -0.290. The lowest BCUT2D eigenvalue weighted by atomic mass is 10.1. The van der Waals surface area contributed by atoms with E-state index in [1.54, 1.807) is 6.08 Å². The van der Waals surface area contributed by atoms with E-state index in [0.29, 0.717) is 6.42 Å². The molecule has 0 aliphatic carbocycles. The Bertz CT molecular complexity index is 1170. The molecule has 0 saturated heterocycles. The summed E-state index contributed by atoms with van der Waals surface area (Å²) in [7, 11) is -4.37. The average Bonchev–Trinajstić information content (AvgIpc) is 3.17. The molecule has 9 heteroatoms. The van der Waals surface area contributed by atoms with Crippen molar-refractivity contribution in [2.24, 2.45) is 5.73 Å². The molecule has 0 spiro atoms. The van der Waals surface area contributed by atoms with E-state index in [4.69, 9.17) is 14.8 Å². The standard InChI is InChI=1S/C46H79N2O6P/c1-3-5-7-9-11-13-15-17-19-21-22-24-26-28-30-32-34-36-38-40-46(50)48-44(43-54-55(51,52)53-42-41-47)45(49)39-37-35-33-31-29-27-25-23-20-18-16-14-12-10-8-6-4-2/h5,7,11,13,17,19,22,24,28-31,34,36-37,39,44-45,49H,3-4,6,8-10,12,14-16,18,20-21,23,25-27,32-33,35,38,40-43,47H2,1-2H3,(H,48,50)(H,51,52)/b7-5-,13-11-,19-17-,24-22-,30-28-,31-29+,36-34-,39-37+. The van der Waals surface area contributed by atoms with E-state index >= 15 is 0 Å². The van der Waals surface area contributed by atoms with Gasteiger partial charge in [-0.2, -0.15) is 0 Å². The fourth-order valence-corrected chi connectivity index (χ4v) is 6.22. The normalized spacial score (nSPS) is 15.1. The number of amides is 1. The number of aliphatic hydroxyl groups excluding tert-OH is 1. The van der Waals surface area contributed by atoms with E-state index in [0.717, 1.165) is 57.8 Å². The van der Waals surface area contributed by atoms with Crippen LogP contribution in [0.25, 0.3) is 0 Å². The fourth-order valence-electron chi connectivity index (χ4n) is 5.46. The number of unbranched alkanes of at least 4 members (excludes halogenated alkanes) is 12. The van der Waals surface area contributed by atoms with Crippen LogP contribution in [0.2, 0.25) is 0 Å². The summed E-state index contributed by atoms with van der Waals surface area (Å²) in [6, 6.07) is -0.924. The molecule has 3 unspecified atom stereocenters. The van der Waals surface area contributed by atoms with Crippen molar-refractivity contribution >= 4 is 13.7 Å². The van der Waals surface area contributed by atoms with Crippen LogP contribution in [0.15, 0.2) is 97.2 Å². The molecule has 0 heterocycles. The van der Waals surface area contributed by atoms with Gasteiger partial charge in [-0.1, -0.05) is 175 Å². The van der Waals surface area contributed by atoms with Crippen LogP contribution in [0.1, 0.15) is 155 Å². The van der Waals surface area contributed by atoms with Gasteiger partial charge in [-0.05, 0) is 70.6 Å². The maximum atomic E-state index is 12.7. The molecule has 55 heavy (non-hydrogen) atoms. The molecule has 5 N–H and O–H groups in total. The van der Waals surface area contributed by atoms with Crippen molar-refractivity contribution in [1.82, 2.24) is 5.32 Å². The summed E-state index contributed by atoms with van der Waals surface area (Å²) < 4.78 is 22.1. The minimum Gasteiger partial charge on any atom is -0.387 e. The molecule has 0 aromatic rings. The molecule has 0 aromatic carbocycles. The minimum atomic E-state index is -4.37. The highest BCUT2D eigenvalue weighted by molar-refractivity contribution is 7.47. The second-order valence-electron chi connectivity index (χ2n) is 13.8. The fraction of sp³-hybridized carbons (Fsp3) is 0.630. The van der Waals surface area contributed by atoms with Gasteiger partial charge in [0.1, 0.15) is 0 Å². The molecule has 0 aromatic heterocycles. The highest BCUT2D eigenvalue weighted by Gasteiger charge is 2.26. The zero-order valence-corrected chi connectivity index (χ0v) is 35.5. The number of hydrogen-bond donors (Lipinski definition) is 4. The summed E-state index contributed by atoms with van der Waals surface area (Å²) in [6.07, 6.45) is 56.2. The Morgan fingerprint density at radius 2 is 1.07 bits per heavy atom. The highest BCUT2D eigenvalue weighted by Crippen LogP contribution is 2.43. The van der Waals surface area contributed by atoms with E-state index in [1.165, 1.54) is 70.6 Å². The number of phosphoric ester groups is 1. The van der Waals surface area contributed by atoms with Crippen molar-refractivity contribution in [3.63, 3.8) is 0 Å². The Morgan fingerprint density at radius 3 is 1.60 bits per heavy atom. The molecular weight excluding hydrogens is 707 g/mol. The van der Waals surface area contributed by atoms with Crippen molar-refractivity contribution in [1.29, 1.82) is 0 Å². The molecule has 0 bridgehead atoms. The number of phosphoric acid groups is 1. The van der Waals surface area contributed by atoms with Gasteiger partial charge in [0.2, 0.25) is 5.91 Å². The molecule has 0 rings (SSSR count). The molecule has 314 valence electrons. The first kappa shape index (κ1) is 52.4. The number of allylic oxidation sites excluding steroid dienone is 15. The summed E-state index contributed by atoms with van der Waals surface area (Å²) >= 11 is 0. The maximum absolute atomic E-state index is 12.7. The largest absolute Gasteiger partial charge is 0.472 e. The van der Waals surface area contributed by atoms with Crippen molar-refractivity contribution in [2.45, 2.75) is 167 Å². The van der Waals surface area contributed by atoms with Gasteiger partial charge in [0.15, 0.2) is 0 Å². The molecule has 0 radical (unpaired) electrons. The van der Waals surface area contributed by atoms with Crippen molar-refractivity contribution in [3.8, 4) is 0 Å². The lowest BCUT2D eigenvalue weighted by molar-refractivity contribution is -0.122. The zero-order valence-electron chi connectivity index (χ0n) is 34.6. The van der Waals surface area contributed by atoms with Crippen LogP contribution in [-0.2, 0) is 18.4 Å². The number of carbonyl (C=O) groups is 1. The lowest BCUT2D eigenvalue weighted by Gasteiger charge is -2.23. The predicted octanol–water partition coefficient (Wildman–Crippen LogP) is 12.0. The summed E-state index contributed by atoms with van der Waals surface area (Å²) in [4.78, 5) is 22.6. The molecule has 8 nitrogen and oxygen atoms in total. The van der Waals surface area contributed by atoms with Gasteiger partial charge in [0.25, 0.3) is 0 Å². The number of hydrogen-bond acceptors (Lipinski definition) is 6. The van der Waals surface area contributed by atoms with E-state index in [9.17, 15) is 19.4 Å². The first-order chi connectivity index (χ1) is 26.9. The third-order valence-electron chi connectivity index (χ3n) is 8.66. The molecule has 3 atom stereocenters. The molecule has 0 fully saturated rings. The second-order valence-corrected chi connectivity index (χ2v) is 15.3. The Labute approximate surface area is 336 Å². The van der Waals surface area contributed by atoms with Gasteiger partial charge in [0.05, 0.1) is 25.4 Å². The van der Waals surface area contributed by atoms with Crippen molar-refractivity contribution < 1.29 is 28.4 Å². The van der Waals surface area contributed by atoms with Gasteiger partial charge in [-0.3, -0.25) is 13.8 Å². The minimum absolute atomic E-state index is 0.0573. The molecule has 1 amide bonds. The van der Waals surface area contributed by atoms with Gasteiger partial charge in [-0.25, -0.2) is 4.57 Å². The van der Waals surface area contributed by atoms with Gasteiger partial charge < -0.3 is 21.1 Å². The van der Waals surface area contributed by atoms with Gasteiger partial charge in [-0.15, -0.1) is 0 Å². The van der Waals surface area contributed by atoms with Crippen molar-refractivity contribution in [3.05, 3.63) is 97.2 Å². The molecule has 0 aliphatic heterocycles. The zero-order chi connectivity index (χ0) is 40.3. The SMILES string of the molecule is CC/C=C\C/C=C\C/C=C\C/C=C\C/C=C\C/C=C\CCC(=O)NC(COP(=O)(O)OCCN)C(O)/C=C/CC/C=C/CCCCCCCCCCCCC. The van der Waals surface area contributed by atoms with E-state index in [1.807, 2.05) is 18.2 Å². The smallest absolute Gasteiger partial charge is 0.387 e. The average molecular weight is 787 g/mol. The maximum Gasteiger partial charge on any atom is 0.472 e. The van der Waals surface area contributed by atoms with Crippen LogP contribution in [0.4, 0.5) is 0 Å². The third-order valence-corrected chi connectivity index (χ3v) is 9.64. The first-order valence-corrected chi connectivity index (χ1v) is 22.9. The monoisotopic (exact) mass is 787 g/mol. The van der Waals surface area contributed by atoms with E-state index in [2.05, 4.69) is 92.1 Å². The highest BCUT2D eigenvalue weighted by atomic mass is 31.2. The Hall–Kier alpha value is -2.58. The number of nitrogens with two attached hydrogens (primary N) is 1. The van der Waals surface area contributed by atoms with Gasteiger partial charge >= 0.3 is 7.82 Å². The van der Waals surface area contributed by atoms with E-state index in [-0.39, 0.29) is 25.5 Å². The molecule has 0 saturated carbocycles. The lowest BCUT2D eigenvalue weighted by Crippen LogP contribution is -2.45.